The highest BCUT2D eigenvalue weighted by Gasteiger charge is 2.21. The van der Waals surface area contributed by atoms with E-state index in [4.69, 9.17) is 4.74 Å². The molecule has 1 aliphatic rings. The molecule has 2 aromatic carbocycles. The van der Waals surface area contributed by atoms with Crippen molar-refractivity contribution in [1.29, 1.82) is 0 Å². The SMILES string of the molecule is O[C@@H]1CCCN(C[C@@H](O)COC(c2ccccc2)c2ccccc2)C1. The number of nitrogens with zero attached hydrogens (tertiary/aromatic N) is 1. The van der Waals surface area contributed by atoms with Crippen molar-refractivity contribution in [2.75, 3.05) is 26.2 Å². The Morgan fingerprint density at radius 2 is 1.60 bits per heavy atom. The number of aliphatic hydroxyl groups is 2. The van der Waals surface area contributed by atoms with Gasteiger partial charge in [-0.15, -0.1) is 0 Å². The van der Waals surface area contributed by atoms with Crippen molar-refractivity contribution in [2.24, 2.45) is 0 Å². The Kier molecular flexibility index (Phi) is 6.59. The second-order valence-electron chi connectivity index (χ2n) is 6.74. The Hall–Kier alpha value is -1.72. The van der Waals surface area contributed by atoms with Gasteiger partial charge < -0.3 is 14.9 Å². The van der Waals surface area contributed by atoms with Gasteiger partial charge in [-0.25, -0.2) is 0 Å². The number of β-amino-alcohol motifs (C(OH)–C–C–N with tert-alkyl or cyclic N) is 2. The Balaban J connectivity index is 1.61. The molecule has 1 heterocycles. The molecule has 2 aromatic rings. The van der Waals surface area contributed by atoms with E-state index in [2.05, 4.69) is 4.90 Å². The number of ether oxygens (including phenoxy) is 1. The number of piperidine rings is 1. The van der Waals surface area contributed by atoms with Gasteiger partial charge in [0.1, 0.15) is 6.10 Å². The first-order chi connectivity index (χ1) is 12.2. The van der Waals surface area contributed by atoms with Gasteiger partial charge in [0.25, 0.3) is 0 Å². The minimum atomic E-state index is -0.569. The Labute approximate surface area is 149 Å². The van der Waals surface area contributed by atoms with E-state index in [1.165, 1.54) is 0 Å². The molecule has 0 amide bonds. The van der Waals surface area contributed by atoms with E-state index in [1.807, 2.05) is 60.7 Å². The third-order valence-corrected chi connectivity index (χ3v) is 4.61. The molecule has 25 heavy (non-hydrogen) atoms. The summed E-state index contributed by atoms with van der Waals surface area (Å²) in [6, 6.07) is 20.2. The molecule has 4 nitrogen and oxygen atoms in total. The fourth-order valence-electron chi connectivity index (χ4n) is 3.40. The van der Waals surface area contributed by atoms with Crippen molar-refractivity contribution in [3.63, 3.8) is 0 Å². The molecule has 1 aliphatic heterocycles. The van der Waals surface area contributed by atoms with Crippen LogP contribution in [0.15, 0.2) is 60.7 Å². The van der Waals surface area contributed by atoms with Crippen LogP contribution in [0.1, 0.15) is 30.1 Å². The molecular formula is C21H27NO3. The highest BCUT2D eigenvalue weighted by Crippen LogP contribution is 2.26. The third kappa shape index (κ3) is 5.38. The fraction of sp³-hybridized carbons (Fsp3) is 0.429. The van der Waals surface area contributed by atoms with E-state index in [-0.39, 0.29) is 18.8 Å². The summed E-state index contributed by atoms with van der Waals surface area (Å²) in [5.74, 6) is 0. The fourth-order valence-corrected chi connectivity index (χ4v) is 3.40. The van der Waals surface area contributed by atoms with Crippen molar-refractivity contribution in [2.45, 2.75) is 31.2 Å². The lowest BCUT2D eigenvalue weighted by Crippen LogP contribution is -2.43. The van der Waals surface area contributed by atoms with Gasteiger partial charge in [-0.3, -0.25) is 4.90 Å². The van der Waals surface area contributed by atoms with E-state index in [0.717, 1.165) is 30.5 Å². The zero-order valence-corrected chi connectivity index (χ0v) is 14.5. The predicted molar refractivity (Wildman–Crippen MR) is 98.4 cm³/mol. The molecule has 2 atom stereocenters. The van der Waals surface area contributed by atoms with Crippen LogP contribution < -0.4 is 0 Å². The first-order valence-corrected chi connectivity index (χ1v) is 9.02. The van der Waals surface area contributed by atoms with Crippen LogP contribution in [0.5, 0.6) is 0 Å². The van der Waals surface area contributed by atoms with Crippen molar-refractivity contribution < 1.29 is 14.9 Å². The monoisotopic (exact) mass is 341 g/mol. The summed E-state index contributed by atoms with van der Waals surface area (Å²) in [5.41, 5.74) is 2.16. The van der Waals surface area contributed by atoms with E-state index in [1.54, 1.807) is 0 Å². The van der Waals surface area contributed by atoms with Crippen LogP contribution in [0.4, 0.5) is 0 Å². The second-order valence-corrected chi connectivity index (χ2v) is 6.74. The summed E-state index contributed by atoms with van der Waals surface area (Å²) >= 11 is 0. The molecule has 0 aliphatic carbocycles. The van der Waals surface area contributed by atoms with Gasteiger partial charge in [0.15, 0.2) is 0 Å². The Morgan fingerprint density at radius 1 is 1.00 bits per heavy atom. The van der Waals surface area contributed by atoms with Gasteiger partial charge in [-0.2, -0.15) is 0 Å². The average Bonchev–Trinajstić information content (AvgIpc) is 2.64. The normalized spacial score (nSPS) is 19.9. The van der Waals surface area contributed by atoms with Gasteiger partial charge in [-0.05, 0) is 30.5 Å². The van der Waals surface area contributed by atoms with Crippen LogP contribution in [0.3, 0.4) is 0 Å². The molecular weight excluding hydrogens is 314 g/mol. The van der Waals surface area contributed by atoms with Crippen LogP contribution in [-0.2, 0) is 4.74 Å². The number of hydrogen-bond acceptors (Lipinski definition) is 4. The quantitative estimate of drug-likeness (QED) is 0.813. The molecule has 0 radical (unpaired) electrons. The van der Waals surface area contributed by atoms with Crippen molar-refractivity contribution in [3.05, 3.63) is 71.8 Å². The van der Waals surface area contributed by atoms with Gasteiger partial charge in [-0.1, -0.05) is 60.7 Å². The number of likely N-dealkylation sites (tertiary alicyclic amines) is 1. The van der Waals surface area contributed by atoms with Crippen molar-refractivity contribution in [3.8, 4) is 0 Å². The highest BCUT2D eigenvalue weighted by atomic mass is 16.5. The van der Waals surface area contributed by atoms with Crippen LogP contribution in [-0.4, -0.2) is 53.6 Å². The van der Waals surface area contributed by atoms with Gasteiger partial charge in [0, 0.05) is 13.1 Å². The van der Waals surface area contributed by atoms with Crippen LogP contribution in [0, 0.1) is 0 Å². The Morgan fingerprint density at radius 3 is 2.16 bits per heavy atom. The maximum Gasteiger partial charge on any atom is 0.108 e. The van der Waals surface area contributed by atoms with Crippen LogP contribution in [0.25, 0.3) is 0 Å². The molecule has 0 spiro atoms. The lowest BCUT2D eigenvalue weighted by molar-refractivity contribution is -0.0205. The molecule has 0 bridgehead atoms. The number of hydrogen-bond donors (Lipinski definition) is 2. The van der Waals surface area contributed by atoms with Crippen LogP contribution in [0.2, 0.25) is 0 Å². The van der Waals surface area contributed by atoms with Crippen LogP contribution >= 0.6 is 0 Å². The van der Waals surface area contributed by atoms with Crippen molar-refractivity contribution in [1.82, 2.24) is 4.90 Å². The zero-order valence-electron chi connectivity index (χ0n) is 14.5. The maximum atomic E-state index is 10.4. The number of aliphatic hydroxyl groups excluding tert-OH is 2. The molecule has 1 fully saturated rings. The summed E-state index contributed by atoms with van der Waals surface area (Å²) in [6.45, 7) is 2.36. The minimum Gasteiger partial charge on any atom is -0.392 e. The predicted octanol–water partition coefficient (Wildman–Crippen LogP) is 2.61. The number of benzene rings is 2. The summed E-state index contributed by atoms with van der Waals surface area (Å²) in [7, 11) is 0. The summed E-state index contributed by atoms with van der Waals surface area (Å²) < 4.78 is 6.11. The Bertz CT molecular complexity index is 580. The van der Waals surface area contributed by atoms with Gasteiger partial charge in [0.2, 0.25) is 0 Å². The minimum absolute atomic E-state index is 0.191. The third-order valence-electron chi connectivity index (χ3n) is 4.61. The molecule has 2 N–H and O–H groups in total. The summed E-state index contributed by atoms with van der Waals surface area (Å²) in [4.78, 5) is 2.11. The second kappa shape index (κ2) is 9.11. The van der Waals surface area contributed by atoms with E-state index in [0.29, 0.717) is 13.1 Å². The topological polar surface area (TPSA) is 52.9 Å². The molecule has 1 saturated heterocycles. The first-order valence-electron chi connectivity index (χ1n) is 9.02. The van der Waals surface area contributed by atoms with E-state index < -0.39 is 6.10 Å². The lowest BCUT2D eigenvalue weighted by Gasteiger charge is -2.31. The molecule has 0 saturated carbocycles. The smallest absolute Gasteiger partial charge is 0.108 e. The van der Waals surface area contributed by atoms with Crippen molar-refractivity contribution >= 4 is 0 Å². The molecule has 134 valence electrons. The molecule has 0 unspecified atom stereocenters. The van der Waals surface area contributed by atoms with E-state index >= 15 is 0 Å². The molecule has 0 aromatic heterocycles. The highest BCUT2D eigenvalue weighted by molar-refractivity contribution is 5.29. The average molecular weight is 341 g/mol. The van der Waals surface area contributed by atoms with E-state index in [9.17, 15) is 10.2 Å². The largest absolute Gasteiger partial charge is 0.392 e. The number of rotatable bonds is 7. The molecule has 4 heteroatoms. The lowest BCUT2D eigenvalue weighted by atomic mass is 10.0. The maximum absolute atomic E-state index is 10.4. The summed E-state index contributed by atoms with van der Waals surface area (Å²) in [5, 5.41) is 20.1. The summed E-state index contributed by atoms with van der Waals surface area (Å²) in [6.07, 6.45) is 0.797. The van der Waals surface area contributed by atoms with Gasteiger partial charge in [0.05, 0.1) is 18.8 Å². The first kappa shape index (κ1) is 18.1. The zero-order chi connectivity index (χ0) is 17.5. The van der Waals surface area contributed by atoms with Gasteiger partial charge >= 0.3 is 0 Å². The molecule has 3 rings (SSSR count). The standard InChI is InChI=1S/C21H27NO3/c23-19-12-7-13-22(14-19)15-20(24)16-25-21(17-8-3-1-4-9-17)18-10-5-2-6-11-18/h1-6,8-11,19-21,23-24H,7,12-16H2/t19-,20-/m1/s1.